The van der Waals surface area contributed by atoms with Crippen LogP contribution in [-0.2, 0) is 18.4 Å². The number of rotatable bonds is 4. The predicted octanol–water partition coefficient (Wildman–Crippen LogP) is 0.348. The third-order valence-corrected chi connectivity index (χ3v) is 5.88. The van der Waals surface area contributed by atoms with Crippen LogP contribution >= 0.6 is 0 Å². The zero-order chi connectivity index (χ0) is 13.8. The van der Waals surface area contributed by atoms with Gasteiger partial charge >= 0.3 is 8.56 Å². The molecule has 0 aromatic heterocycles. The molecule has 1 aromatic carbocycles. The first-order valence-electron chi connectivity index (χ1n) is 5.58. The first kappa shape index (κ1) is 14.4. The maximum absolute atomic E-state index is 11.3. The molecule has 0 bridgehead atoms. The minimum Gasteiger partial charge on any atom is -0.481 e. The van der Waals surface area contributed by atoms with E-state index in [1.165, 1.54) is 13.8 Å². The first-order valence-corrected chi connectivity index (χ1v) is 7.48. The van der Waals surface area contributed by atoms with Crippen molar-refractivity contribution in [2.75, 3.05) is 0 Å². The van der Waals surface area contributed by atoms with Crippen molar-refractivity contribution in [1.82, 2.24) is 0 Å². The molecule has 0 radical (unpaired) electrons. The summed E-state index contributed by atoms with van der Waals surface area (Å²) in [5, 5.41) is 0.658. The molecule has 0 amide bonds. The summed E-state index contributed by atoms with van der Waals surface area (Å²) in [6, 6.07) is 8.90. The molecule has 1 unspecified atom stereocenters. The molecule has 0 aliphatic heterocycles. The molecule has 0 aliphatic rings. The molecule has 0 fully saturated rings. The highest BCUT2D eigenvalue weighted by molar-refractivity contribution is 6.84. The van der Waals surface area contributed by atoms with Crippen molar-refractivity contribution in [1.29, 1.82) is 0 Å². The van der Waals surface area contributed by atoms with E-state index in [1.54, 1.807) is 31.2 Å². The number of nitrogens with two attached hydrogens (primary N) is 1. The van der Waals surface area contributed by atoms with Gasteiger partial charge in [0.15, 0.2) is 0 Å². The Morgan fingerprint density at radius 3 is 1.89 bits per heavy atom. The van der Waals surface area contributed by atoms with E-state index in [1.807, 2.05) is 6.07 Å². The molecule has 0 saturated carbocycles. The van der Waals surface area contributed by atoms with Crippen LogP contribution in [-0.4, -0.2) is 26.2 Å². The molecule has 6 heteroatoms. The van der Waals surface area contributed by atoms with Crippen LogP contribution in [0.2, 0.25) is 0 Å². The van der Waals surface area contributed by atoms with E-state index in [4.69, 9.17) is 14.6 Å². The van der Waals surface area contributed by atoms with Crippen LogP contribution in [0.15, 0.2) is 30.3 Å². The quantitative estimate of drug-likeness (QED) is 0.796. The number of carbonyl (C=O) groups is 2. The molecule has 0 aliphatic carbocycles. The van der Waals surface area contributed by atoms with Gasteiger partial charge in [-0.3, -0.25) is 9.59 Å². The minimum absolute atomic E-state index is 0.510. The summed E-state index contributed by atoms with van der Waals surface area (Å²) in [6.45, 7) is 4.22. The van der Waals surface area contributed by atoms with E-state index < -0.39 is 26.2 Å². The van der Waals surface area contributed by atoms with Crippen LogP contribution in [0.5, 0.6) is 0 Å². The molecule has 2 N–H and O–H groups in total. The molecular weight excluding hydrogens is 250 g/mol. The lowest BCUT2D eigenvalue weighted by Gasteiger charge is -2.31. The highest BCUT2D eigenvalue weighted by Gasteiger charge is 2.50. The topological polar surface area (TPSA) is 78.6 Å². The van der Waals surface area contributed by atoms with Crippen LogP contribution in [0.3, 0.4) is 0 Å². The Bertz CT molecular complexity index is 417. The molecular formula is C12H17NO4Si. The summed E-state index contributed by atoms with van der Waals surface area (Å²) in [7, 11) is -3.30. The van der Waals surface area contributed by atoms with E-state index in [2.05, 4.69) is 0 Å². The van der Waals surface area contributed by atoms with Crippen LogP contribution in [0.1, 0.15) is 20.8 Å². The highest BCUT2D eigenvalue weighted by atomic mass is 28.4. The molecule has 1 atom stereocenters. The Morgan fingerprint density at radius 1 is 1.11 bits per heavy atom. The van der Waals surface area contributed by atoms with E-state index in [-0.39, 0.29) is 0 Å². The second-order valence-electron chi connectivity index (χ2n) is 4.01. The molecule has 1 aromatic rings. The second kappa shape index (κ2) is 5.79. The predicted molar refractivity (Wildman–Crippen MR) is 69.0 cm³/mol. The van der Waals surface area contributed by atoms with E-state index in [0.717, 1.165) is 0 Å². The average Bonchev–Trinajstić information content (AvgIpc) is 2.27. The zero-order valence-electron chi connectivity index (χ0n) is 10.7. The van der Waals surface area contributed by atoms with Crippen LogP contribution in [0, 0.1) is 0 Å². The Hall–Kier alpha value is -1.66. The Labute approximate surface area is 107 Å². The maximum Gasteiger partial charge on any atom is 0.516 e. The zero-order valence-corrected chi connectivity index (χ0v) is 11.7. The molecule has 0 heterocycles. The summed E-state index contributed by atoms with van der Waals surface area (Å²) in [6.07, 6.45) is 0. The lowest BCUT2D eigenvalue weighted by atomic mass is 10.4. The van der Waals surface area contributed by atoms with E-state index >= 15 is 0 Å². The Balaban J connectivity index is 3.28. The monoisotopic (exact) mass is 267 g/mol. The average molecular weight is 267 g/mol. The van der Waals surface area contributed by atoms with Gasteiger partial charge < -0.3 is 14.6 Å². The molecule has 0 saturated heterocycles. The van der Waals surface area contributed by atoms with Gasteiger partial charge in [-0.05, 0) is 6.92 Å². The first-order chi connectivity index (χ1) is 8.38. The van der Waals surface area contributed by atoms with Gasteiger partial charge in [0.05, 0.1) is 5.67 Å². The number of hydrogen-bond acceptors (Lipinski definition) is 5. The Morgan fingerprint density at radius 2 is 1.56 bits per heavy atom. The van der Waals surface area contributed by atoms with Gasteiger partial charge in [-0.15, -0.1) is 0 Å². The maximum atomic E-state index is 11.3. The van der Waals surface area contributed by atoms with Crippen molar-refractivity contribution < 1.29 is 18.4 Å². The van der Waals surface area contributed by atoms with Crippen molar-refractivity contribution in [2.45, 2.75) is 26.4 Å². The highest BCUT2D eigenvalue weighted by Crippen LogP contribution is 2.13. The molecule has 98 valence electrons. The largest absolute Gasteiger partial charge is 0.516 e. The van der Waals surface area contributed by atoms with Crippen LogP contribution in [0.4, 0.5) is 0 Å². The van der Waals surface area contributed by atoms with E-state index in [9.17, 15) is 9.59 Å². The molecule has 5 nitrogen and oxygen atoms in total. The summed E-state index contributed by atoms with van der Waals surface area (Å²) in [5.41, 5.74) is 5.35. The molecule has 0 spiro atoms. The van der Waals surface area contributed by atoms with Crippen molar-refractivity contribution in [3.63, 3.8) is 0 Å². The fourth-order valence-corrected chi connectivity index (χ4v) is 4.37. The van der Waals surface area contributed by atoms with Gasteiger partial charge in [0, 0.05) is 19.0 Å². The van der Waals surface area contributed by atoms with Gasteiger partial charge in [0.1, 0.15) is 0 Å². The lowest BCUT2D eigenvalue weighted by molar-refractivity contribution is -0.138. The summed E-state index contributed by atoms with van der Waals surface area (Å²) in [4.78, 5) is 22.6. The van der Waals surface area contributed by atoms with E-state index in [0.29, 0.717) is 5.19 Å². The normalized spacial score (nSPS) is 12.7. The molecule has 18 heavy (non-hydrogen) atoms. The van der Waals surface area contributed by atoms with Crippen molar-refractivity contribution >= 4 is 25.7 Å². The summed E-state index contributed by atoms with van der Waals surface area (Å²) >= 11 is 0. The van der Waals surface area contributed by atoms with Crippen molar-refractivity contribution in [3.8, 4) is 0 Å². The van der Waals surface area contributed by atoms with Crippen LogP contribution in [0.25, 0.3) is 0 Å². The SMILES string of the molecule is CC(=O)O[Si](OC(C)=O)(c1ccccc1)C(C)N. The lowest BCUT2D eigenvalue weighted by Crippen LogP contribution is -2.66. The number of hydrogen-bond donors (Lipinski definition) is 1. The summed E-state index contributed by atoms with van der Waals surface area (Å²) < 4.78 is 10.7. The standard InChI is InChI=1S/C12H17NO4Si/c1-9(13)18(16-10(2)14,17-11(3)15)12-7-5-4-6-8-12/h4-9H,13H2,1-3H3. The number of benzene rings is 1. The fraction of sp³-hybridized carbons (Fsp3) is 0.333. The van der Waals surface area contributed by atoms with Crippen LogP contribution < -0.4 is 10.9 Å². The fourth-order valence-electron chi connectivity index (χ4n) is 1.68. The van der Waals surface area contributed by atoms with Gasteiger partial charge in [-0.25, -0.2) is 0 Å². The van der Waals surface area contributed by atoms with Gasteiger partial charge in [0.2, 0.25) is 0 Å². The third-order valence-electron chi connectivity index (χ3n) is 2.37. The van der Waals surface area contributed by atoms with Gasteiger partial charge in [-0.2, -0.15) is 0 Å². The molecule has 1 rings (SSSR count). The minimum atomic E-state index is -3.30. The smallest absolute Gasteiger partial charge is 0.481 e. The summed E-state index contributed by atoms with van der Waals surface area (Å²) in [5.74, 6) is -1.02. The third kappa shape index (κ3) is 3.18. The van der Waals surface area contributed by atoms with Crippen molar-refractivity contribution in [3.05, 3.63) is 30.3 Å². The Kier molecular flexibility index (Phi) is 4.63. The number of carbonyl (C=O) groups excluding carboxylic acids is 2. The van der Waals surface area contributed by atoms with Gasteiger partial charge in [0.25, 0.3) is 11.9 Å². The van der Waals surface area contributed by atoms with Crippen molar-refractivity contribution in [2.24, 2.45) is 5.73 Å². The van der Waals surface area contributed by atoms with Gasteiger partial charge in [-0.1, -0.05) is 30.3 Å². The second-order valence-corrected chi connectivity index (χ2v) is 7.24.